The van der Waals surface area contributed by atoms with Crippen LogP contribution >= 0.6 is 0 Å². The van der Waals surface area contributed by atoms with Gasteiger partial charge in [0.2, 0.25) is 5.91 Å². The summed E-state index contributed by atoms with van der Waals surface area (Å²) in [5, 5.41) is 2.71. The van der Waals surface area contributed by atoms with E-state index in [4.69, 9.17) is 0 Å². The van der Waals surface area contributed by atoms with Crippen LogP contribution in [-0.2, 0) is 28.0 Å². The minimum atomic E-state index is -3.80. The van der Waals surface area contributed by atoms with E-state index >= 15 is 0 Å². The predicted octanol–water partition coefficient (Wildman–Crippen LogP) is 2.39. The van der Waals surface area contributed by atoms with Gasteiger partial charge < -0.3 is 5.32 Å². The van der Waals surface area contributed by atoms with Gasteiger partial charge in [0.15, 0.2) is 0 Å². The van der Waals surface area contributed by atoms with Crippen LogP contribution in [0, 0.1) is 5.82 Å². The average molecular weight is 391 g/mol. The molecule has 8 heteroatoms. The molecule has 0 atom stereocenters. The van der Waals surface area contributed by atoms with Crippen molar-refractivity contribution < 1.29 is 17.6 Å². The summed E-state index contributed by atoms with van der Waals surface area (Å²) in [6.07, 6.45) is 0.901. The summed E-state index contributed by atoms with van der Waals surface area (Å²) in [6.45, 7) is 2.13. The minimum absolute atomic E-state index is 0.0500. The number of nitrogens with zero attached hydrogens (tertiary/aromatic N) is 2. The van der Waals surface area contributed by atoms with Crippen molar-refractivity contribution in [1.82, 2.24) is 8.61 Å². The van der Waals surface area contributed by atoms with E-state index in [0.29, 0.717) is 11.3 Å². The molecule has 1 fully saturated rings. The topological polar surface area (TPSA) is 69.7 Å². The van der Waals surface area contributed by atoms with Gasteiger partial charge in [-0.05, 0) is 30.2 Å². The van der Waals surface area contributed by atoms with Gasteiger partial charge in [-0.15, -0.1) is 0 Å². The summed E-state index contributed by atoms with van der Waals surface area (Å²) >= 11 is 0. The quantitative estimate of drug-likeness (QED) is 0.822. The second kappa shape index (κ2) is 8.16. The zero-order chi connectivity index (χ0) is 19.4. The molecule has 1 aliphatic heterocycles. The zero-order valence-electron chi connectivity index (χ0n) is 15.1. The summed E-state index contributed by atoms with van der Waals surface area (Å²) < 4.78 is 41.4. The van der Waals surface area contributed by atoms with Gasteiger partial charge in [-0.1, -0.05) is 37.3 Å². The van der Waals surface area contributed by atoms with Crippen molar-refractivity contribution in [2.45, 2.75) is 19.9 Å². The van der Waals surface area contributed by atoms with Crippen LogP contribution in [0.25, 0.3) is 0 Å². The van der Waals surface area contributed by atoms with Gasteiger partial charge in [-0.2, -0.15) is 17.0 Å². The summed E-state index contributed by atoms with van der Waals surface area (Å²) in [5.74, 6) is -0.852. The van der Waals surface area contributed by atoms with Crippen molar-refractivity contribution in [2.24, 2.45) is 0 Å². The third kappa shape index (κ3) is 4.52. The molecule has 2 aromatic rings. The Morgan fingerprint density at radius 3 is 2.41 bits per heavy atom. The number of hydrogen-bond donors (Lipinski definition) is 1. The third-order valence-corrected chi connectivity index (χ3v) is 6.45. The first-order valence-corrected chi connectivity index (χ1v) is 10.2. The van der Waals surface area contributed by atoms with Crippen LogP contribution in [0.3, 0.4) is 0 Å². The number of hydrogen-bond acceptors (Lipinski definition) is 3. The van der Waals surface area contributed by atoms with Crippen molar-refractivity contribution >= 4 is 21.8 Å². The Morgan fingerprint density at radius 2 is 1.74 bits per heavy atom. The van der Waals surface area contributed by atoms with E-state index in [9.17, 15) is 17.6 Å². The van der Waals surface area contributed by atoms with Crippen LogP contribution in [0.2, 0.25) is 0 Å². The number of amides is 1. The lowest BCUT2D eigenvalue weighted by molar-refractivity contribution is -0.116. The third-order valence-electron chi connectivity index (χ3n) is 4.52. The molecule has 1 amide bonds. The molecule has 6 nitrogen and oxygen atoms in total. The number of carbonyl (C=O) groups excluding carboxylic acids is 1. The number of nitrogens with one attached hydrogen (secondary N) is 1. The highest BCUT2D eigenvalue weighted by atomic mass is 32.2. The molecule has 0 aliphatic carbocycles. The fourth-order valence-electron chi connectivity index (χ4n) is 2.94. The van der Waals surface area contributed by atoms with Gasteiger partial charge in [-0.25, -0.2) is 4.39 Å². The lowest BCUT2D eigenvalue weighted by Gasteiger charge is -2.18. The second-order valence-corrected chi connectivity index (χ2v) is 8.29. The summed E-state index contributed by atoms with van der Waals surface area (Å²) in [4.78, 5) is 12.2. The Balaban J connectivity index is 1.62. The standard InChI is InChI=1S/C19H22FN3O3S/c1-2-15-7-9-17(10-8-15)21-19(24)14-23-12-11-22(27(23,25)26)13-16-5-3-4-6-18(16)20/h3-10H,2,11-14H2,1H3,(H,21,24). The van der Waals surface area contributed by atoms with Crippen LogP contribution in [-0.4, -0.2) is 42.6 Å². The molecule has 0 bridgehead atoms. The maximum absolute atomic E-state index is 13.8. The van der Waals surface area contributed by atoms with Gasteiger partial charge >= 0.3 is 0 Å². The maximum atomic E-state index is 13.8. The molecular weight excluding hydrogens is 369 g/mol. The van der Waals surface area contributed by atoms with Crippen LogP contribution in [0.1, 0.15) is 18.1 Å². The molecule has 1 saturated heterocycles. The van der Waals surface area contributed by atoms with E-state index in [1.807, 2.05) is 19.1 Å². The highest BCUT2D eigenvalue weighted by Crippen LogP contribution is 2.21. The smallest absolute Gasteiger partial charge is 0.282 e. The van der Waals surface area contributed by atoms with E-state index in [2.05, 4.69) is 5.32 Å². The first-order chi connectivity index (χ1) is 12.9. The highest BCUT2D eigenvalue weighted by Gasteiger charge is 2.37. The van der Waals surface area contributed by atoms with Crippen LogP contribution in [0.5, 0.6) is 0 Å². The van der Waals surface area contributed by atoms with Crippen molar-refractivity contribution in [3.05, 3.63) is 65.5 Å². The zero-order valence-corrected chi connectivity index (χ0v) is 15.9. The van der Waals surface area contributed by atoms with Crippen LogP contribution < -0.4 is 5.32 Å². The summed E-state index contributed by atoms with van der Waals surface area (Å²) in [7, 11) is -3.80. The normalized spacial score (nSPS) is 17.1. The number of halogens is 1. The first-order valence-electron chi connectivity index (χ1n) is 8.77. The van der Waals surface area contributed by atoms with Crippen molar-refractivity contribution in [3.8, 4) is 0 Å². The van der Waals surface area contributed by atoms with Crippen LogP contribution in [0.15, 0.2) is 48.5 Å². The van der Waals surface area contributed by atoms with Gasteiger partial charge in [0.1, 0.15) is 5.82 Å². The van der Waals surface area contributed by atoms with E-state index in [1.165, 1.54) is 10.4 Å². The van der Waals surface area contributed by atoms with Gasteiger partial charge in [0, 0.05) is 30.9 Å². The lowest BCUT2D eigenvalue weighted by Crippen LogP contribution is -2.37. The number of anilines is 1. The molecule has 1 aliphatic rings. The molecule has 0 saturated carbocycles. The molecule has 0 unspecified atom stereocenters. The lowest BCUT2D eigenvalue weighted by atomic mass is 10.1. The first kappa shape index (κ1) is 19.5. The molecule has 1 heterocycles. The molecule has 2 aromatic carbocycles. The Morgan fingerprint density at radius 1 is 1.07 bits per heavy atom. The van der Waals surface area contributed by atoms with Gasteiger partial charge in [-0.3, -0.25) is 4.79 Å². The Hall–Kier alpha value is -2.29. The Kier molecular flexibility index (Phi) is 5.88. The monoisotopic (exact) mass is 391 g/mol. The fourth-order valence-corrected chi connectivity index (χ4v) is 4.47. The largest absolute Gasteiger partial charge is 0.325 e. The molecule has 0 spiro atoms. The average Bonchev–Trinajstić information content (AvgIpc) is 2.91. The van der Waals surface area contributed by atoms with Crippen molar-refractivity contribution in [3.63, 3.8) is 0 Å². The van der Waals surface area contributed by atoms with Crippen molar-refractivity contribution in [1.29, 1.82) is 0 Å². The van der Waals surface area contributed by atoms with Gasteiger partial charge in [0.25, 0.3) is 10.2 Å². The molecule has 144 valence electrons. The Labute approximate surface area is 158 Å². The highest BCUT2D eigenvalue weighted by molar-refractivity contribution is 7.87. The molecule has 3 rings (SSSR count). The Bertz CT molecular complexity index is 916. The molecular formula is C19H22FN3O3S. The molecule has 0 radical (unpaired) electrons. The van der Waals surface area contributed by atoms with E-state index in [0.717, 1.165) is 16.3 Å². The molecule has 1 N–H and O–H groups in total. The second-order valence-electron chi connectivity index (χ2n) is 6.36. The fraction of sp³-hybridized carbons (Fsp3) is 0.316. The van der Waals surface area contributed by atoms with E-state index < -0.39 is 21.9 Å². The predicted molar refractivity (Wildman–Crippen MR) is 102 cm³/mol. The minimum Gasteiger partial charge on any atom is -0.325 e. The van der Waals surface area contributed by atoms with E-state index in [1.54, 1.807) is 30.3 Å². The van der Waals surface area contributed by atoms with E-state index in [-0.39, 0.29) is 26.2 Å². The SMILES string of the molecule is CCc1ccc(NC(=O)CN2CCN(Cc3ccccc3F)S2(=O)=O)cc1. The number of carbonyl (C=O) groups is 1. The summed E-state index contributed by atoms with van der Waals surface area (Å²) in [6, 6.07) is 13.5. The molecule has 0 aromatic heterocycles. The number of benzene rings is 2. The number of aryl methyl sites for hydroxylation is 1. The maximum Gasteiger partial charge on any atom is 0.282 e. The number of rotatable bonds is 6. The summed E-state index contributed by atoms with van der Waals surface area (Å²) in [5.41, 5.74) is 2.08. The molecule has 27 heavy (non-hydrogen) atoms. The van der Waals surface area contributed by atoms with Crippen molar-refractivity contribution in [2.75, 3.05) is 25.0 Å². The van der Waals surface area contributed by atoms with Crippen LogP contribution in [0.4, 0.5) is 10.1 Å². The van der Waals surface area contributed by atoms with Gasteiger partial charge in [0.05, 0.1) is 6.54 Å².